The van der Waals surface area contributed by atoms with Crippen LogP contribution in [0.5, 0.6) is 0 Å². The van der Waals surface area contributed by atoms with Gasteiger partial charge in [-0.25, -0.2) is 0 Å². The molecule has 2 bridgehead atoms. The standard InChI is InChI=1S/C20H23NO/c1-13(19-12-14-9-10-16(19)11-14)21-20(22)18-8-4-6-15-5-2-3-7-17(15)18/h2-8,13-14,16,19H,9-12H2,1H3,(H,21,22)/t13-,14+,16+,19-/m0/s1. The molecule has 0 aromatic heterocycles. The normalized spacial score (nSPS) is 28.0. The molecule has 0 saturated heterocycles. The van der Waals surface area contributed by atoms with E-state index in [1.807, 2.05) is 30.3 Å². The molecule has 1 amide bonds. The number of carbonyl (C=O) groups is 1. The molecule has 2 aliphatic carbocycles. The summed E-state index contributed by atoms with van der Waals surface area (Å²) in [4.78, 5) is 12.7. The monoisotopic (exact) mass is 293 g/mol. The van der Waals surface area contributed by atoms with Crippen LogP contribution in [-0.4, -0.2) is 11.9 Å². The molecule has 4 rings (SSSR count). The van der Waals surface area contributed by atoms with Crippen LogP contribution in [0.1, 0.15) is 43.0 Å². The quantitative estimate of drug-likeness (QED) is 0.893. The van der Waals surface area contributed by atoms with Gasteiger partial charge in [0.2, 0.25) is 0 Å². The summed E-state index contributed by atoms with van der Waals surface area (Å²) in [6, 6.07) is 14.4. The Labute approximate surface area is 131 Å². The Bertz CT molecular complexity index is 702. The lowest BCUT2D eigenvalue weighted by Crippen LogP contribution is -2.40. The second-order valence-corrected chi connectivity index (χ2v) is 7.13. The third kappa shape index (κ3) is 2.31. The first kappa shape index (κ1) is 13.8. The van der Waals surface area contributed by atoms with Crippen LogP contribution < -0.4 is 5.32 Å². The maximum absolute atomic E-state index is 12.7. The van der Waals surface area contributed by atoms with Crippen molar-refractivity contribution in [1.29, 1.82) is 0 Å². The number of hydrogen-bond acceptors (Lipinski definition) is 1. The molecule has 0 aliphatic heterocycles. The predicted octanol–water partition coefficient (Wildman–Crippen LogP) is 4.39. The number of amides is 1. The highest BCUT2D eigenvalue weighted by atomic mass is 16.1. The fourth-order valence-corrected chi connectivity index (χ4v) is 4.72. The summed E-state index contributed by atoms with van der Waals surface area (Å²) in [5.41, 5.74) is 0.799. The van der Waals surface area contributed by atoms with E-state index in [0.717, 1.165) is 28.2 Å². The van der Waals surface area contributed by atoms with E-state index in [-0.39, 0.29) is 11.9 Å². The van der Waals surface area contributed by atoms with Crippen LogP contribution in [0.3, 0.4) is 0 Å². The van der Waals surface area contributed by atoms with E-state index < -0.39 is 0 Å². The number of carbonyl (C=O) groups excluding carboxylic acids is 1. The Balaban J connectivity index is 1.54. The Kier molecular flexibility index (Phi) is 3.40. The minimum atomic E-state index is 0.0760. The van der Waals surface area contributed by atoms with Crippen molar-refractivity contribution in [1.82, 2.24) is 5.32 Å². The third-order valence-corrected chi connectivity index (χ3v) is 5.83. The number of benzene rings is 2. The van der Waals surface area contributed by atoms with Gasteiger partial charge >= 0.3 is 0 Å². The van der Waals surface area contributed by atoms with Crippen LogP contribution in [0.25, 0.3) is 10.8 Å². The molecule has 2 fully saturated rings. The summed E-state index contributed by atoms with van der Waals surface area (Å²) in [7, 11) is 0. The third-order valence-electron chi connectivity index (χ3n) is 5.83. The lowest BCUT2D eigenvalue weighted by molar-refractivity contribution is 0.0917. The Morgan fingerprint density at radius 3 is 2.68 bits per heavy atom. The first-order valence-electron chi connectivity index (χ1n) is 8.51. The van der Waals surface area contributed by atoms with Gasteiger partial charge in [0.25, 0.3) is 5.91 Å². The molecule has 0 radical (unpaired) electrons. The molecule has 2 aromatic rings. The van der Waals surface area contributed by atoms with E-state index in [1.165, 1.54) is 25.7 Å². The molecule has 0 heterocycles. The van der Waals surface area contributed by atoms with Gasteiger partial charge in [-0.15, -0.1) is 0 Å². The van der Waals surface area contributed by atoms with E-state index in [2.05, 4.69) is 24.4 Å². The highest BCUT2D eigenvalue weighted by Gasteiger charge is 2.42. The van der Waals surface area contributed by atoms with Gasteiger partial charge < -0.3 is 5.32 Å². The maximum atomic E-state index is 12.7. The minimum Gasteiger partial charge on any atom is -0.349 e. The summed E-state index contributed by atoms with van der Waals surface area (Å²) < 4.78 is 0. The summed E-state index contributed by atoms with van der Waals surface area (Å²) in [6.07, 6.45) is 5.47. The van der Waals surface area contributed by atoms with Crippen LogP contribution in [0.4, 0.5) is 0 Å². The SMILES string of the molecule is C[C@H](NC(=O)c1cccc2ccccc12)[C@@H]1C[C@@H]2CC[C@@H]1C2. The molecular formula is C20H23NO. The van der Waals surface area contributed by atoms with E-state index in [4.69, 9.17) is 0 Å². The molecule has 2 heteroatoms. The van der Waals surface area contributed by atoms with Gasteiger partial charge in [-0.2, -0.15) is 0 Å². The van der Waals surface area contributed by atoms with Crippen LogP contribution in [0.2, 0.25) is 0 Å². The average molecular weight is 293 g/mol. The molecule has 0 spiro atoms. The maximum Gasteiger partial charge on any atom is 0.252 e. The minimum absolute atomic E-state index is 0.0760. The first-order chi connectivity index (χ1) is 10.7. The lowest BCUT2D eigenvalue weighted by Gasteiger charge is -2.28. The highest BCUT2D eigenvalue weighted by molar-refractivity contribution is 6.07. The van der Waals surface area contributed by atoms with Crippen molar-refractivity contribution >= 4 is 16.7 Å². The Morgan fingerprint density at radius 2 is 1.91 bits per heavy atom. The van der Waals surface area contributed by atoms with Crippen molar-refractivity contribution in [3.05, 3.63) is 48.0 Å². The number of hydrogen-bond donors (Lipinski definition) is 1. The van der Waals surface area contributed by atoms with Gasteiger partial charge in [-0.05, 0) is 60.8 Å². The largest absolute Gasteiger partial charge is 0.349 e. The van der Waals surface area contributed by atoms with Gasteiger partial charge in [0, 0.05) is 11.6 Å². The zero-order chi connectivity index (χ0) is 15.1. The molecule has 2 saturated carbocycles. The van der Waals surface area contributed by atoms with E-state index in [0.29, 0.717) is 5.92 Å². The van der Waals surface area contributed by atoms with Crippen molar-refractivity contribution in [2.75, 3.05) is 0 Å². The van der Waals surface area contributed by atoms with E-state index >= 15 is 0 Å². The summed E-state index contributed by atoms with van der Waals surface area (Å²) in [5, 5.41) is 5.45. The van der Waals surface area contributed by atoms with Crippen molar-refractivity contribution in [2.45, 2.75) is 38.6 Å². The van der Waals surface area contributed by atoms with Crippen LogP contribution in [0, 0.1) is 17.8 Å². The fourth-order valence-electron chi connectivity index (χ4n) is 4.72. The van der Waals surface area contributed by atoms with Gasteiger partial charge in [-0.3, -0.25) is 4.79 Å². The molecular weight excluding hydrogens is 270 g/mol. The number of rotatable bonds is 3. The highest BCUT2D eigenvalue weighted by Crippen LogP contribution is 2.49. The van der Waals surface area contributed by atoms with Gasteiger partial charge in [0.05, 0.1) is 0 Å². The first-order valence-corrected chi connectivity index (χ1v) is 8.51. The predicted molar refractivity (Wildman–Crippen MR) is 89.8 cm³/mol. The fraction of sp³-hybridized carbons (Fsp3) is 0.450. The molecule has 22 heavy (non-hydrogen) atoms. The summed E-state index contributed by atoms with van der Waals surface area (Å²) in [5.74, 6) is 2.52. The number of fused-ring (bicyclic) bond motifs is 3. The van der Waals surface area contributed by atoms with E-state index in [1.54, 1.807) is 0 Å². The van der Waals surface area contributed by atoms with E-state index in [9.17, 15) is 4.79 Å². The van der Waals surface area contributed by atoms with Crippen molar-refractivity contribution in [2.24, 2.45) is 17.8 Å². The molecule has 0 unspecified atom stereocenters. The lowest BCUT2D eigenvalue weighted by atomic mass is 9.84. The molecule has 2 nitrogen and oxygen atoms in total. The summed E-state index contributed by atoms with van der Waals surface area (Å²) >= 11 is 0. The summed E-state index contributed by atoms with van der Waals surface area (Å²) in [6.45, 7) is 2.19. The molecule has 2 aliphatic rings. The smallest absolute Gasteiger partial charge is 0.252 e. The Morgan fingerprint density at radius 1 is 1.09 bits per heavy atom. The topological polar surface area (TPSA) is 29.1 Å². The molecule has 2 aromatic carbocycles. The molecule has 4 atom stereocenters. The van der Waals surface area contributed by atoms with Crippen molar-refractivity contribution in [3.8, 4) is 0 Å². The van der Waals surface area contributed by atoms with Crippen molar-refractivity contribution in [3.63, 3.8) is 0 Å². The zero-order valence-corrected chi connectivity index (χ0v) is 13.1. The second-order valence-electron chi connectivity index (χ2n) is 7.13. The van der Waals surface area contributed by atoms with Gasteiger partial charge in [0.15, 0.2) is 0 Å². The Hall–Kier alpha value is -1.83. The molecule has 114 valence electrons. The van der Waals surface area contributed by atoms with Gasteiger partial charge in [0.1, 0.15) is 0 Å². The van der Waals surface area contributed by atoms with Gasteiger partial charge in [-0.1, -0.05) is 42.8 Å². The number of nitrogens with one attached hydrogen (secondary N) is 1. The molecule has 1 N–H and O–H groups in total. The van der Waals surface area contributed by atoms with Crippen LogP contribution in [0.15, 0.2) is 42.5 Å². The second kappa shape index (κ2) is 5.42. The zero-order valence-electron chi connectivity index (χ0n) is 13.1. The van der Waals surface area contributed by atoms with Crippen LogP contribution in [-0.2, 0) is 0 Å². The van der Waals surface area contributed by atoms with Crippen LogP contribution >= 0.6 is 0 Å². The van der Waals surface area contributed by atoms with Crippen molar-refractivity contribution < 1.29 is 4.79 Å². The average Bonchev–Trinajstić information content (AvgIpc) is 3.17.